The van der Waals surface area contributed by atoms with Crippen LogP contribution < -0.4 is 0 Å². The van der Waals surface area contributed by atoms with Crippen molar-refractivity contribution in [2.75, 3.05) is 6.61 Å². The van der Waals surface area contributed by atoms with Gasteiger partial charge in [-0.3, -0.25) is 0 Å². The highest BCUT2D eigenvalue weighted by molar-refractivity contribution is 5.25. The fourth-order valence-corrected chi connectivity index (χ4v) is 1.40. The van der Waals surface area contributed by atoms with E-state index < -0.39 is 0 Å². The Balaban J connectivity index is 2.75. The van der Waals surface area contributed by atoms with Crippen LogP contribution in [0, 0.1) is 6.92 Å². The number of aryl methyl sites for hydroxylation is 1. The van der Waals surface area contributed by atoms with Crippen molar-refractivity contribution >= 4 is 0 Å². The summed E-state index contributed by atoms with van der Waals surface area (Å²) in [6.45, 7) is 9.29. The topological polar surface area (TPSA) is 9.23 Å². The Hall–Kier alpha value is -0.820. The second kappa shape index (κ2) is 4.61. The molecule has 0 radical (unpaired) electrons. The van der Waals surface area contributed by atoms with Crippen molar-refractivity contribution in [3.05, 3.63) is 35.4 Å². The van der Waals surface area contributed by atoms with Gasteiger partial charge in [0, 0.05) is 6.61 Å². The van der Waals surface area contributed by atoms with E-state index >= 15 is 0 Å². The van der Waals surface area contributed by atoms with Crippen LogP contribution >= 0.6 is 0 Å². The lowest BCUT2D eigenvalue weighted by Gasteiger charge is -2.25. The maximum atomic E-state index is 5.80. The lowest BCUT2D eigenvalue weighted by atomic mass is 9.97. The molecule has 0 aliphatic heterocycles. The van der Waals surface area contributed by atoms with Gasteiger partial charge in [0.05, 0.1) is 5.60 Å². The zero-order chi connectivity index (χ0) is 10.6. The van der Waals surface area contributed by atoms with E-state index in [9.17, 15) is 0 Å². The van der Waals surface area contributed by atoms with Crippen LogP contribution in [0.2, 0.25) is 0 Å². The molecule has 0 aromatic heterocycles. The molecule has 14 heavy (non-hydrogen) atoms. The maximum Gasteiger partial charge on any atom is 0.0875 e. The molecule has 0 heterocycles. The Bertz CT molecular complexity index is 272. The molecular weight excluding hydrogens is 172 g/mol. The van der Waals surface area contributed by atoms with Crippen LogP contribution in [0.25, 0.3) is 0 Å². The quantitative estimate of drug-likeness (QED) is 0.707. The van der Waals surface area contributed by atoms with E-state index in [0.29, 0.717) is 0 Å². The molecule has 0 amide bonds. The molecule has 1 aromatic rings. The molecular formula is C13H20O. The summed E-state index contributed by atoms with van der Waals surface area (Å²) in [6.07, 6.45) is 1.06. The predicted molar refractivity (Wildman–Crippen MR) is 60.4 cm³/mol. The smallest absolute Gasteiger partial charge is 0.0875 e. The van der Waals surface area contributed by atoms with Crippen LogP contribution in [-0.2, 0) is 10.3 Å². The van der Waals surface area contributed by atoms with Gasteiger partial charge in [-0.25, -0.2) is 0 Å². The van der Waals surface area contributed by atoms with Crippen LogP contribution in [-0.4, -0.2) is 6.61 Å². The SMILES string of the molecule is CCCOC(C)(C)c1ccc(C)cc1. The van der Waals surface area contributed by atoms with Gasteiger partial charge in [0.15, 0.2) is 0 Å². The normalized spacial score (nSPS) is 11.7. The standard InChI is InChI=1S/C13H20O/c1-5-10-14-13(3,4)12-8-6-11(2)7-9-12/h6-9H,5,10H2,1-4H3. The van der Waals surface area contributed by atoms with Crippen LogP contribution in [0.15, 0.2) is 24.3 Å². The van der Waals surface area contributed by atoms with Gasteiger partial charge < -0.3 is 4.74 Å². The van der Waals surface area contributed by atoms with Crippen molar-refractivity contribution in [3.63, 3.8) is 0 Å². The van der Waals surface area contributed by atoms with Gasteiger partial charge in [-0.1, -0.05) is 36.8 Å². The molecule has 0 aliphatic rings. The highest BCUT2D eigenvalue weighted by atomic mass is 16.5. The van der Waals surface area contributed by atoms with E-state index in [0.717, 1.165) is 13.0 Å². The summed E-state index contributed by atoms with van der Waals surface area (Å²) >= 11 is 0. The van der Waals surface area contributed by atoms with E-state index in [-0.39, 0.29) is 5.60 Å². The van der Waals surface area contributed by atoms with Crippen molar-refractivity contribution in [2.24, 2.45) is 0 Å². The van der Waals surface area contributed by atoms with Gasteiger partial charge in [0.25, 0.3) is 0 Å². The number of rotatable bonds is 4. The highest BCUT2D eigenvalue weighted by Crippen LogP contribution is 2.24. The van der Waals surface area contributed by atoms with Crippen molar-refractivity contribution in [1.82, 2.24) is 0 Å². The summed E-state index contributed by atoms with van der Waals surface area (Å²) in [4.78, 5) is 0. The second-order valence-electron chi connectivity index (χ2n) is 4.22. The molecule has 0 aliphatic carbocycles. The molecule has 0 atom stereocenters. The van der Waals surface area contributed by atoms with E-state index in [2.05, 4.69) is 52.0 Å². The summed E-state index contributed by atoms with van der Waals surface area (Å²) < 4.78 is 5.80. The summed E-state index contributed by atoms with van der Waals surface area (Å²) in [6, 6.07) is 8.55. The van der Waals surface area contributed by atoms with E-state index in [1.807, 2.05) is 0 Å². The largest absolute Gasteiger partial charge is 0.371 e. The molecule has 0 saturated carbocycles. The average molecular weight is 192 g/mol. The van der Waals surface area contributed by atoms with E-state index in [4.69, 9.17) is 4.74 Å². The van der Waals surface area contributed by atoms with Gasteiger partial charge in [-0.15, -0.1) is 0 Å². The minimum absolute atomic E-state index is 0.163. The van der Waals surface area contributed by atoms with Gasteiger partial charge in [0.2, 0.25) is 0 Å². The molecule has 1 aromatic carbocycles. The third-order valence-electron chi connectivity index (χ3n) is 2.41. The minimum Gasteiger partial charge on any atom is -0.371 e. The van der Waals surface area contributed by atoms with Gasteiger partial charge in [-0.2, -0.15) is 0 Å². The molecule has 78 valence electrons. The zero-order valence-electron chi connectivity index (χ0n) is 9.63. The molecule has 1 rings (SSSR count). The zero-order valence-corrected chi connectivity index (χ0v) is 9.63. The van der Waals surface area contributed by atoms with Gasteiger partial charge in [-0.05, 0) is 32.8 Å². The first kappa shape index (κ1) is 11.3. The number of hydrogen-bond acceptors (Lipinski definition) is 1. The molecule has 0 unspecified atom stereocenters. The van der Waals surface area contributed by atoms with Gasteiger partial charge >= 0.3 is 0 Å². The maximum absolute atomic E-state index is 5.80. The van der Waals surface area contributed by atoms with Crippen molar-refractivity contribution in [2.45, 2.75) is 39.7 Å². The first-order valence-electron chi connectivity index (χ1n) is 5.27. The first-order valence-corrected chi connectivity index (χ1v) is 5.27. The molecule has 0 fully saturated rings. The predicted octanol–water partition coefficient (Wildman–Crippen LogP) is 3.66. The summed E-state index contributed by atoms with van der Waals surface area (Å²) in [5.74, 6) is 0. The Labute approximate surface area is 87.1 Å². The van der Waals surface area contributed by atoms with Crippen LogP contribution in [0.4, 0.5) is 0 Å². The fraction of sp³-hybridized carbons (Fsp3) is 0.538. The lowest BCUT2D eigenvalue weighted by Crippen LogP contribution is -2.21. The van der Waals surface area contributed by atoms with Crippen molar-refractivity contribution in [1.29, 1.82) is 0 Å². The third-order valence-corrected chi connectivity index (χ3v) is 2.41. The number of ether oxygens (including phenoxy) is 1. The third kappa shape index (κ3) is 2.85. The van der Waals surface area contributed by atoms with Gasteiger partial charge in [0.1, 0.15) is 0 Å². The Morgan fingerprint density at radius 3 is 2.21 bits per heavy atom. The van der Waals surface area contributed by atoms with E-state index in [1.54, 1.807) is 0 Å². The van der Waals surface area contributed by atoms with Crippen molar-refractivity contribution in [3.8, 4) is 0 Å². The Morgan fingerprint density at radius 1 is 1.14 bits per heavy atom. The fourth-order valence-electron chi connectivity index (χ4n) is 1.40. The second-order valence-corrected chi connectivity index (χ2v) is 4.22. The number of benzene rings is 1. The average Bonchev–Trinajstić information content (AvgIpc) is 2.16. The first-order chi connectivity index (χ1) is 6.56. The summed E-state index contributed by atoms with van der Waals surface area (Å²) in [5.41, 5.74) is 2.38. The number of hydrogen-bond donors (Lipinski definition) is 0. The molecule has 1 nitrogen and oxygen atoms in total. The highest BCUT2D eigenvalue weighted by Gasteiger charge is 2.20. The minimum atomic E-state index is -0.163. The molecule has 0 saturated heterocycles. The lowest BCUT2D eigenvalue weighted by molar-refractivity contribution is -0.0212. The van der Waals surface area contributed by atoms with Crippen LogP contribution in [0.3, 0.4) is 0 Å². The summed E-state index contributed by atoms with van der Waals surface area (Å²) in [7, 11) is 0. The molecule has 0 spiro atoms. The monoisotopic (exact) mass is 192 g/mol. The Kier molecular flexibility index (Phi) is 3.70. The van der Waals surface area contributed by atoms with Crippen LogP contribution in [0.1, 0.15) is 38.3 Å². The molecule has 0 N–H and O–H groups in total. The van der Waals surface area contributed by atoms with Crippen LogP contribution in [0.5, 0.6) is 0 Å². The Morgan fingerprint density at radius 2 is 1.71 bits per heavy atom. The van der Waals surface area contributed by atoms with Crippen molar-refractivity contribution < 1.29 is 4.74 Å². The summed E-state index contributed by atoms with van der Waals surface area (Å²) in [5, 5.41) is 0. The van der Waals surface area contributed by atoms with E-state index in [1.165, 1.54) is 11.1 Å². The molecule has 0 bridgehead atoms. The molecule has 1 heteroatoms.